The molecule has 1 amide bonds. The van der Waals surface area contributed by atoms with Gasteiger partial charge < -0.3 is 11.1 Å². The molecule has 3 N–H and O–H groups in total. The number of carbonyl (C=O) groups is 1. The molecule has 1 aliphatic carbocycles. The second kappa shape index (κ2) is 5.50. The second-order valence-electron chi connectivity index (χ2n) is 4.75. The molecule has 0 atom stereocenters. The van der Waals surface area contributed by atoms with E-state index < -0.39 is 0 Å². The Labute approximate surface area is 92.8 Å². The number of amides is 1. The summed E-state index contributed by atoms with van der Waals surface area (Å²) < 4.78 is 0. The van der Waals surface area contributed by atoms with Crippen molar-refractivity contribution in [2.45, 2.75) is 58.4 Å². The molecule has 0 heterocycles. The molecule has 88 valence electrons. The molecule has 0 aliphatic heterocycles. The minimum Gasteiger partial charge on any atom is -0.369 e. The lowest BCUT2D eigenvalue weighted by atomic mass is 9.85. The van der Waals surface area contributed by atoms with Gasteiger partial charge in [0.05, 0.1) is 5.41 Å². The van der Waals surface area contributed by atoms with Crippen molar-refractivity contribution in [2.24, 2.45) is 11.1 Å². The van der Waals surface area contributed by atoms with Gasteiger partial charge in [0.1, 0.15) is 0 Å². The van der Waals surface area contributed by atoms with Crippen LogP contribution in [0.2, 0.25) is 0 Å². The maximum Gasteiger partial charge on any atom is 0.224 e. The van der Waals surface area contributed by atoms with Gasteiger partial charge in [-0.2, -0.15) is 0 Å². The maximum atomic E-state index is 11.5. The fourth-order valence-corrected chi connectivity index (χ4v) is 2.48. The van der Waals surface area contributed by atoms with Gasteiger partial charge in [0.2, 0.25) is 5.91 Å². The van der Waals surface area contributed by atoms with Gasteiger partial charge in [-0.05, 0) is 25.7 Å². The van der Waals surface area contributed by atoms with Gasteiger partial charge in [0, 0.05) is 12.6 Å². The number of nitrogens with two attached hydrogens (primary N) is 1. The first-order chi connectivity index (χ1) is 7.14. The fourth-order valence-electron chi connectivity index (χ4n) is 2.48. The Morgan fingerprint density at radius 3 is 2.27 bits per heavy atom. The van der Waals surface area contributed by atoms with Crippen molar-refractivity contribution in [1.82, 2.24) is 5.32 Å². The van der Waals surface area contributed by atoms with Crippen LogP contribution in [0, 0.1) is 5.41 Å². The highest BCUT2D eigenvalue weighted by Gasteiger charge is 2.39. The lowest BCUT2D eigenvalue weighted by molar-refractivity contribution is -0.127. The fraction of sp³-hybridized carbons (Fsp3) is 0.917. The van der Waals surface area contributed by atoms with Crippen molar-refractivity contribution in [3.63, 3.8) is 0 Å². The first kappa shape index (κ1) is 12.5. The molecule has 1 rings (SSSR count). The van der Waals surface area contributed by atoms with Crippen LogP contribution in [0.1, 0.15) is 52.4 Å². The Bertz CT molecular complexity index is 206. The zero-order chi connectivity index (χ0) is 11.3. The molecule has 3 heteroatoms. The molecule has 0 radical (unpaired) electrons. The van der Waals surface area contributed by atoms with Crippen molar-refractivity contribution in [3.8, 4) is 0 Å². The smallest absolute Gasteiger partial charge is 0.224 e. The average Bonchev–Trinajstić information content (AvgIpc) is 2.69. The van der Waals surface area contributed by atoms with E-state index in [-0.39, 0.29) is 11.3 Å². The van der Waals surface area contributed by atoms with Crippen LogP contribution >= 0.6 is 0 Å². The molecule has 3 nitrogen and oxygen atoms in total. The Hall–Kier alpha value is -0.570. The molecular formula is C12H24N2O. The van der Waals surface area contributed by atoms with Crippen LogP contribution in [-0.4, -0.2) is 18.5 Å². The standard InChI is InChI=1S/C12H24N2O/c1-3-10(4-2)14-9-12(11(13)15)7-5-6-8-12/h10,14H,3-9H2,1-2H3,(H2,13,15). The highest BCUT2D eigenvalue weighted by atomic mass is 16.1. The second-order valence-corrected chi connectivity index (χ2v) is 4.75. The quantitative estimate of drug-likeness (QED) is 0.705. The monoisotopic (exact) mass is 212 g/mol. The van der Waals surface area contributed by atoms with E-state index in [2.05, 4.69) is 19.2 Å². The minimum absolute atomic E-state index is 0.113. The highest BCUT2D eigenvalue weighted by Crippen LogP contribution is 2.37. The van der Waals surface area contributed by atoms with E-state index in [0.717, 1.165) is 45.1 Å². The van der Waals surface area contributed by atoms with E-state index in [0.29, 0.717) is 6.04 Å². The zero-order valence-corrected chi connectivity index (χ0v) is 10.0. The summed E-state index contributed by atoms with van der Waals surface area (Å²) in [4.78, 5) is 11.5. The van der Waals surface area contributed by atoms with Crippen LogP contribution < -0.4 is 11.1 Å². The van der Waals surface area contributed by atoms with Gasteiger partial charge in [-0.15, -0.1) is 0 Å². The van der Waals surface area contributed by atoms with E-state index in [9.17, 15) is 4.79 Å². The van der Waals surface area contributed by atoms with Crippen LogP contribution in [0.3, 0.4) is 0 Å². The third-order valence-electron chi connectivity index (χ3n) is 3.80. The molecule has 1 saturated carbocycles. The van der Waals surface area contributed by atoms with Crippen LogP contribution in [0.15, 0.2) is 0 Å². The molecule has 0 unspecified atom stereocenters. The van der Waals surface area contributed by atoms with Crippen LogP contribution in [0.25, 0.3) is 0 Å². The first-order valence-corrected chi connectivity index (χ1v) is 6.18. The Morgan fingerprint density at radius 2 is 1.87 bits per heavy atom. The summed E-state index contributed by atoms with van der Waals surface area (Å²) in [5.74, 6) is -0.113. The average molecular weight is 212 g/mol. The van der Waals surface area contributed by atoms with Crippen molar-refractivity contribution < 1.29 is 4.79 Å². The Morgan fingerprint density at radius 1 is 1.33 bits per heavy atom. The predicted molar refractivity (Wildman–Crippen MR) is 62.5 cm³/mol. The van der Waals surface area contributed by atoms with E-state index in [1.807, 2.05) is 0 Å². The van der Waals surface area contributed by atoms with E-state index >= 15 is 0 Å². The first-order valence-electron chi connectivity index (χ1n) is 6.18. The summed E-state index contributed by atoms with van der Waals surface area (Å²) in [5.41, 5.74) is 5.28. The Kier molecular flexibility index (Phi) is 4.58. The van der Waals surface area contributed by atoms with Crippen molar-refractivity contribution in [2.75, 3.05) is 6.54 Å². The molecule has 15 heavy (non-hydrogen) atoms. The third-order valence-corrected chi connectivity index (χ3v) is 3.80. The van der Waals surface area contributed by atoms with Gasteiger partial charge in [0.25, 0.3) is 0 Å². The largest absolute Gasteiger partial charge is 0.369 e. The normalized spacial score (nSPS) is 19.7. The zero-order valence-electron chi connectivity index (χ0n) is 10.0. The van der Waals surface area contributed by atoms with Gasteiger partial charge in [-0.1, -0.05) is 26.7 Å². The molecule has 0 aromatic rings. The van der Waals surface area contributed by atoms with Crippen LogP contribution in [0.4, 0.5) is 0 Å². The topological polar surface area (TPSA) is 55.1 Å². The summed E-state index contributed by atoms with van der Waals surface area (Å²) in [7, 11) is 0. The lowest BCUT2D eigenvalue weighted by Crippen LogP contribution is -2.45. The predicted octanol–water partition coefficient (Wildman–Crippen LogP) is 1.81. The Balaban J connectivity index is 2.49. The molecule has 1 fully saturated rings. The third kappa shape index (κ3) is 2.94. The number of nitrogens with one attached hydrogen (secondary N) is 1. The molecule has 0 spiro atoms. The van der Waals surface area contributed by atoms with Crippen LogP contribution in [0.5, 0.6) is 0 Å². The minimum atomic E-state index is -0.247. The maximum absolute atomic E-state index is 11.5. The SMILES string of the molecule is CCC(CC)NCC1(C(N)=O)CCCC1. The molecule has 0 aromatic carbocycles. The summed E-state index contributed by atoms with van der Waals surface area (Å²) in [6.45, 7) is 5.12. The van der Waals surface area contributed by atoms with Crippen molar-refractivity contribution >= 4 is 5.91 Å². The molecule has 1 aliphatic rings. The number of carbonyl (C=O) groups excluding carboxylic acids is 1. The molecular weight excluding hydrogens is 188 g/mol. The summed E-state index contributed by atoms with van der Waals surface area (Å²) >= 11 is 0. The number of hydrogen-bond donors (Lipinski definition) is 2. The van der Waals surface area contributed by atoms with E-state index in [1.165, 1.54) is 0 Å². The molecule has 0 bridgehead atoms. The summed E-state index contributed by atoms with van der Waals surface area (Å²) in [6, 6.07) is 0.529. The van der Waals surface area contributed by atoms with Crippen molar-refractivity contribution in [1.29, 1.82) is 0 Å². The van der Waals surface area contributed by atoms with E-state index in [4.69, 9.17) is 5.73 Å². The summed E-state index contributed by atoms with van der Waals surface area (Å²) in [5, 5.41) is 3.48. The number of rotatable bonds is 6. The highest BCUT2D eigenvalue weighted by molar-refractivity contribution is 5.81. The van der Waals surface area contributed by atoms with Crippen molar-refractivity contribution in [3.05, 3.63) is 0 Å². The van der Waals surface area contributed by atoms with Gasteiger partial charge in [-0.25, -0.2) is 0 Å². The molecule has 0 saturated heterocycles. The number of hydrogen-bond acceptors (Lipinski definition) is 2. The van der Waals surface area contributed by atoms with Gasteiger partial charge >= 0.3 is 0 Å². The van der Waals surface area contributed by atoms with Gasteiger partial charge in [-0.3, -0.25) is 4.79 Å². The van der Waals surface area contributed by atoms with E-state index in [1.54, 1.807) is 0 Å². The van der Waals surface area contributed by atoms with Crippen LogP contribution in [-0.2, 0) is 4.79 Å². The number of primary amides is 1. The van der Waals surface area contributed by atoms with Gasteiger partial charge in [0.15, 0.2) is 0 Å². The lowest BCUT2D eigenvalue weighted by Gasteiger charge is -2.28. The molecule has 0 aromatic heterocycles. The summed E-state index contributed by atoms with van der Waals surface area (Å²) in [6.07, 6.45) is 6.46.